The lowest BCUT2D eigenvalue weighted by Gasteiger charge is -2.28. The second kappa shape index (κ2) is 18.8. The van der Waals surface area contributed by atoms with Gasteiger partial charge < -0.3 is 14.2 Å². The molecule has 0 aliphatic heterocycles. The van der Waals surface area contributed by atoms with Crippen LogP contribution in [0.5, 0.6) is 0 Å². The van der Waals surface area contributed by atoms with Crippen molar-refractivity contribution in [3.8, 4) is 11.1 Å². The van der Waals surface area contributed by atoms with Gasteiger partial charge in [0.25, 0.3) is 5.69 Å². The van der Waals surface area contributed by atoms with E-state index in [-0.39, 0.29) is 30.4 Å². The summed E-state index contributed by atoms with van der Waals surface area (Å²) in [7, 11) is -1.09. The predicted octanol–water partition coefficient (Wildman–Crippen LogP) is 10.6. The highest BCUT2D eigenvalue weighted by atomic mass is 31.2. The molecule has 264 valence electrons. The molecule has 0 aromatic heterocycles. The Morgan fingerprint density at radius 3 is 1.88 bits per heavy atom. The molecule has 49 heavy (non-hydrogen) atoms. The molecule has 0 radical (unpaired) electrons. The van der Waals surface area contributed by atoms with E-state index in [9.17, 15) is 19.7 Å². The highest BCUT2D eigenvalue weighted by Gasteiger charge is 2.35. The first kappa shape index (κ1) is 38.0. The maximum atomic E-state index is 13.0. The quantitative estimate of drug-likeness (QED) is 0.0382. The van der Waals surface area contributed by atoms with Gasteiger partial charge in [0.2, 0.25) is 0 Å². The Morgan fingerprint density at radius 2 is 1.33 bits per heavy atom. The lowest BCUT2D eigenvalue weighted by Crippen LogP contribution is -2.17. The summed E-state index contributed by atoms with van der Waals surface area (Å²) >= 11 is 0. The summed E-state index contributed by atoms with van der Waals surface area (Å²) in [5, 5.41) is 12.0. The SMILES string of the molecule is CCCC[P+](CCCC)(CCCC)CCCOC(=O)c1ccc(C(C)COC(=O)OCC2c3ccccc3-c3ccccc32)c([N+](=O)[O-])c1. The molecule has 0 spiro atoms. The van der Waals surface area contributed by atoms with Crippen molar-refractivity contribution in [3.05, 3.63) is 99.1 Å². The van der Waals surface area contributed by atoms with Crippen molar-refractivity contribution in [2.75, 3.05) is 44.5 Å². The number of rotatable bonds is 20. The number of fused-ring (bicyclic) bond motifs is 3. The van der Waals surface area contributed by atoms with Gasteiger partial charge in [-0.1, -0.05) is 102 Å². The fraction of sp³-hybridized carbons (Fsp3) is 0.500. The average Bonchev–Trinajstić information content (AvgIpc) is 3.44. The van der Waals surface area contributed by atoms with Gasteiger partial charge in [0.1, 0.15) is 13.2 Å². The van der Waals surface area contributed by atoms with Gasteiger partial charge >= 0.3 is 12.1 Å². The van der Waals surface area contributed by atoms with E-state index in [1.165, 1.54) is 63.1 Å². The van der Waals surface area contributed by atoms with Gasteiger partial charge in [0.05, 0.1) is 41.7 Å². The average molecular weight is 691 g/mol. The third-order valence-corrected chi connectivity index (χ3v) is 14.8. The van der Waals surface area contributed by atoms with E-state index in [4.69, 9.17) is 14.2 Å². The first-order valence-electron chi connectivity index (χ1n) is 18.0. The van der Waals surface area contributed by atoms with E-state index >= 15 is 0 Å². The van der Waals surface area contributed by atoms with E-state index < -0.39 is 30.2 Å². The Labute approximate surface area is 292 Å². The first-order chi connectivity index (χ1) is 23.7. The molecule has 1 aliphatic rings. The topological polar surface area (TPSA) is 105 Å². The Hall–Kier alpha value is -3.77. The van der Waals surface area contributed by atoms with Crippen molar-refractivity contribution in [2.24, 2.45) is 0 Å². The van der Waals surface area contributed by atoms with Crippen molar-refractivity contribution in [3.63, 3.8) is 0 Å². The minimum atomic E-state index is -1.09. The van der Waals surface area contributed by atoms with Crippen LogP contribution in [0.2, 0.25) is 0 Å². The number of benzene rings is 3. The van der Waals surface area contributed by atoms with Crippen LogP contribution in [-0.4, -0.2) is 61.5 Å². The van der Waals surface area contributed by atoms with Crippen LogP contribution in [0, 0.1) is 10.1 Å². The van der Waals surface area contributed by atoms with Crippen molar-refractivity contribution in [1.29, 1.82) is 0 Å². The molecule has 1 atom stereocenters. The zero-order chi connectivity index (χ0) is 35.2. The van der Waals surface area contributed by atoms with Gasteiger partial charge in [0.15, 0.2) is 0 Å². The molecule has 3 aromatic rings. The van der Waals surface area contributed by atoms with E-state index in [0.29, 0.717) is 12.2 Å². The third-order valence-electron chi connectivity index (χ3n) is 9.74. The fourth-order valence-electron chi connectivity index (χ4n) is 6.96. The van der Waals surface area contributed by atoms with Crippen LogP contribution in [0.25, 0.3) is 11.1 Å². The van der Waals surface area contributed by atoms with Crippen molar-refractivity contribution in [2.45, 2.75) is 84.5 Å². The van der Waals surface area contributed by atoms with Gasteiger partial charge in [-0.2, -0.15) is 0 Å². The Bertz CT molecular complexity index is 1490. The molecular formula is C40H53NO7P+. The van der Waals surface area contributed by atoms with Gasteiger partial charge in [-0.25, -0.2) is 9.59 Å². The monoisotopic (exact) mass is 690 g/mol. The van der Waals surface area contributed by atoms with Gasteiger partial charge in [0, 0.05) is 37.1 Å². The van der Waals surface area contributed by atoms with E-state index in [1.54, 1.807) is 19.1 Å². The van der Waals surface area contributed by atoms with Crippen LogP contribution in [0.4, 0.5) is 10.5 Å². The number of unbranched alkanes of at least 4 members (excludes halogenated alkanes) is 3. The molecule has 0 fully saturated rings. The van der Waals surface area contributed by atoms with Crippen LogP contribution in [0.3, 0.4) is 0 Å². The van der Waals surface area contributed by atoms with Crippen LogP contribution in [0.1, 0.15) is 112 Å². The normalized spacial score (nSPS) is 13.0. The minimum Gasteiger partial charge on any atom is -0.462 e. The summed E-state index contributed by atoms with van der Waals surface area (Å²) in [5.41, 5.74) is 4.75. The maximum Gasteiger partial charge on any atom is 0.508 e. The van der Waals surface area contributed by atoms with Crippen LogP contribution in [-0.2, 0) is 14.2 Å². The van der Waals surface area contributed by atoms with Crippen molar-refractivity contribution < 1.29 is 28.7 Å². The van der Waals surface area contributed by atoms with Crippen LogP contribution >= 0.6 is 7.26 Å². The predicted molar refractivity (Wildman–Crippen MR) is 199 cm³/mol. The van der Waals surface area contributed by atoms with Gasteiger partial charge in [-0.3, -0.25) is 10.1 Å². The Morgan fingerprint density at radius 1 is 0.776 bits per heavy atom. The molecule has 0 N–H and O–H groups in total. The minimum absolute atomic E-state index is 0.0989. The number of hydrogen-bond acceptors (Lipinski definition) is 7. The van der Waals surface area contributed by atoms with Gasteiger partial charge in [-0.15, -0.1) is 0 Å². The van der Waals surface area contributed by atoms with E-state index in [2.05, 4.69) is 32.9 Å². The molecule has 0 heterocycles. The molecule has 0 saturated heterocycles. The summed E-state index contributed by atoms with van der Waals surface area (Å²) in [4.78, 5) is 37.1. The molecule has 1 aliphatic carbocycles. The number of carbonyl (C=O) groups is 2. The molecule has 0 bridgehead atoms. The summed E-state index contributed by atoms with van der Waals surface area (Å²) in [6, 6.07) is 20.5. The number of ether oxygens (including phenoxy) is 3. The number of hydrogen-bond donors (Lipinski definition) is 0. The zero-order valence-electron chi connectivity index (χ0n) is 29.7. The van der Waals surface area contributed by atoms with Crippen molar-refractivity contribution in [1.82, 2.24) is 0 Å². The number of nitro benzene ring substituents is 1. The highest BCUT2D eigenvalue weighted by molar-refractivity contribution is 7.75. The van der Waals surface area contributed by atoms with Crippen LogP contribution < -0.4 is 0 Å². The molecule has 9 heteroatoms. The van der Waals surface area contributed by atoms with E-state index in [1.807, 2.05) is 36.4 Å². The zero-order valence-corrected chi connectivity index (χ0v) is 30.6. The molecule has 4 rings (SSSR count). The van der Waals surface area contributed by atoms with Crippen molar-refractivity contribution >= 4 is 25.1 Å². The number of esters is 1. The third kappa shape index (κ3) is 10.1. The second-order valence-corrected chi connectivity index (χ2v) is 17.8. The summed E-state index contributed by atoms with van der Waals surface area (Å²) in [5.74, 6) is -1.16. The maximum absolute atomic E-state index is 13.0. The lowest BCUT2D eigenvalue weighted by molar-refractivity contribution is -0.385. The summed E-state index contributed by atoms with van der Waals surface area (Å²) < 4.78 is 16.6. The molecule has 8 nitrogen and oxygen atoms in total. The summed E-state index contributed by atoms with van der Waals surface area (Å²) in [6.45, 7) is 8.81. The molecule has 3 aromatic carbocycles. The Kier molecular flexibility index (Phi) is 14.6. The first-order valence-corrected chi connectivity index (χ1v) is 20.5. The Balaban J connectivity index is 1.30. The van der Waals surface area contributed by atoms with Crippen LogP contribution in [0.15, 0.2) is 66.7 Å². The molecule has 0 saturated carbocycles. The molecular weight excluding hydrogens is 637 g/mol. The number of nitrogens with zero attached hydrogens (tertiary/aromatic N) is 1. The highest BCUT2D eigenvalue weighted by Crippen LogP contribution is 2.61. The lowest BCUT2D eigenvalue weighted by atomic mass is 9.98. The molecule has 0 amide bonds. The second-order valence-electron chi connectivity index (χ2n) is 13.3. The largest absolute Gasteiger partial charge is 0.508 e. The fourth-order valence-corrected chi connectivity index (χ4v) is 12.1. The molecule has 1 unspecified atom stereocenters. The smallest absolute Gasteiger partial charge is 0.462 e. The van der Waals surface area contributed by atoms with E-state index in [0.717, 1.165) is 34.8 Å². The number of carbonyl (C=O) groups excluding carboxylic acids is 2. The summed E-state index contributed by atoms with van der Waals surface area (Å²) in [6.07, 6.45) is 12.4. The van der Waals surface area contributed by atoms with Gasteiger partial charge in [-0.05, 0) is 47.6 Å². The number of nitro groups is 1. The standard InChI is InChI=1S/C40H53NO7P/c1-5-8-23-49(24-9-6-2,25-10-7-3)26-15-22-46-39(42)31-20-21-32(38(27-31)41(44)45)30(4)28-47-40(43)48-29-37-35-18-13-11-16-33(35)34-17-12-14-19-36(34)37/h11-14,16-21,27,30,37H,5-10,15,22-26,28-29H2,1-4H3/q+1.